The third-order valence-corrected chi connectivity index (χ3v) is 3.68. The van der Waals surface area contributed by atoms with Crippen LogP contribution < -0.4 is 5.32 Å². The van der Waals surface area contributed by atoms with Gasteiger partial charge < -0.3 is 10.4 Å². The molecule has 1 saturated carbocycles. The van der Waals surface area contributed by atoms with Crippen molar-refractivity contribution in [3.63, 3.8) is 0 Å². The van der Waals surface area contributed by atoms with Gasteiger partial charge in [-0.3, -0.25) is 9.59 Å². The fourth-order valence-corrected chi connectivity index (χ4v) is 2.27. The topological polar surface area (TPSA) is 66.4 Å². The Kier molecular flexibility index (Phi) is 4.71. The standard InChI is InChI=1S/C15H18FNO3/c16-13-9-12(6-5-11(13)8-15(19)20)17-14(18)7-4-10-2-1-3-10/h5-6,9-10H,1-4,7-8H2,(H,17,18)(H,19,20). The van der Waals surface area contributed by atoms with Gasteiger partial charge in [0.15, 0.2) is 0 Å². The summed E-state index contributed by atoms with van der Waals surface area (Å²) in [5.74, 6) is -1.15. The van der Waals surface area contributed by atoms with Crippen LogP contribution in [0.1, 0.15) is 37.7 Å². The summed E-state index contributed by atoms with van der Waals surface area (Å²) in [5.41, 5.74) is 0.486. The molecule has 5 heteroatoms. The molecule has 0 bridgehead atoms. The van der Waals surface area contributed by atoms with Gasteiger partial charge in [0.25, 0.3) is 0 Å². The van der Waals surface area contributed by atoms with Crippen molar-refractivity contribution in [1.29, 1.82) is 0 Å². The van der Waals surface area contributed by atoms with Crippen LogP contribution in [0.3, 0.4) is 0 Å². The van der Waals surface area contributed by atoms with Crippen molar-refractivity contribution < 1.29 is 19.1 Å². The summed E-state index contributed by atoms with van der Waals surface area (Å²) in [7, 11) is 0. The van der Waals surface area contributed by atoms with Crippen LogP contribution in [-0.4, -0.2) is 17.0 Å². The largest absolute Gasteiger partial charge is 0.481 e. The van der Waals surface area contributed by atoms with Gasteiger partial charge in [-0.05, 0) is 30.0 Å². The van der Waals surface area contributed by atoms with E-state index < -0.39 is 11.8 Å². The Bertz CT molecular complexity index is 512. The number of carboxylic acid groups (broad SMARTS) is 1. The fraction of sp³-hybridized carbons (Fsp3) is 0.467. The van der Waals surface area contributed by atoms with Crippen LogP contribution in [0.4, 0.5) is 10.1 Å². The smallest absolute Gasteiger partial charge is 0.307 e. The number of benzene rings is 1. The van der Waals surface area contributed by atoms with Crippen LogP contribution in [0, 0.1) is 11.7 Å². The van der Waals surface area contributed by atoms with E-state index in [0.717, 1.165) is 6.42 Å². The highest BCUT2D eigenvalue weighted by molar-refractivity contribution is 5.90. The maximum atomic E-state index is 13.6. The number of anilines is 1. The molecule has 4 nitrogen and oxygen atoms in total. The van der Waals surface area contributed by atoms with E-state index in [2.05, 4.69) is 5.32 Å². The Labute approximate surface area is 117 Å². The molecule has 0 aromatic heterocycles. The van der Waals surface area contributed by atoms with E-state index in [0.29, 0.717) is 18.0 Å². The van der Waals surface area contributed by atoms with Crippen molar-refractivity contribution in [1.82, 2.24) is 0 Å². The number of aliphatic carboxylic acids is 1. The minimum atomic E-state index is -1.08. The number of hydrogen-bond donors (Lipinski definition) is 2. The number of carboxylic acids is 1. The van der Waals surface area contributed by atoms with Gasteiger partial charge in [0.05, 0.1) is 6.42 Å². The summed E-state index contributed by atoms with van der Waals surface area (Å²) < 4.78 is 13.6. The second-order valence-electron chi connectivity index (χ2n) is 5.26. The SMILES string of the molecule is O=C(O)Cc1ccc(NC(=O)CCC2CCC2)cc1F. The summed E-state index contributed by atoms with van der Waals surface area (Å²) in [4.78, 5) is 22.2. The van der Waals surface area contributed by atoms with Gasteiger partial charge in [-0.2, -0.15) is 0 Å². The molecule has 1 aliphatic rings. The van der Waals surface area contributed by atoms with Gasteiger partial charge in [0, 0.05) is 12.1 Å². The number of carbonyl (C=O) groups is 2. The monoisotopic (exact) mass is 279 g/mol. The summed E-state index contributed by atoms with van der Waals surface area (Å²) in [6.07, 6.45) is 4.62. The third kappa shape index (κ3) is 4.05. The van der Waals surface area contributed by atoms with Gasteiger partial charge in [0.2, 0.25) is 5.91 Å². The van der Waals surface area contributed by atoms with E-state index >= 15 is 0 Å². The molecule has 2 N–H and O–H groups in total. The van der Waals surface area contributed by atoms with E-state index in [1.807, 2.05) is 0 Å². The van der Waals surface area contributed by atoms with Crippen LogP contribution >= 0.6 is 0 Å². The van der Waals surface area contributed by atoms with E-state index in [1.54, 1.807) is 0 Å². The van der Waals surface area contributed by atoms with Gasteiger partial charge in [-0.1, -0.05) is 25.3 Å². The second-order valence-corrected chi connectivity index (χ2v) is 5.26. The summed E-state index contributed by atoms with van der Waals surface area (Å²) in [5, 5.41) is 11.3. The summed E-state index contributed by atoms with van der Waals surface area (Å²) >= 11 is 0. The van der Waals surface area contributed by atoms with Crippen LogP contribution in [-0.2, 0) is 16.0 Å². The van der Waals surface area contributed by atoms with Crippen LogP contribution in [0.25, 0.3) is 0 Å². The van der Waals surface area contributed by atoms with E-state index in [1.165, 1.54) is 37.5 Å². The third-order valence-electron chi connectivity index (χ3n) is 3.68. The molecule has 0 unspecified atom stereocenters. The molecule has 1 amide bonds. The predicted octanol–water partition coefficient (Wildman–Crippen LogP) is 2.97. The van der Waals surface area contributed by atoms with Gasteiger partial charge in [-0.25, -0.2) is 4.39 Å². The molecule has 2 rings (SSSR count). The molecule has 0 aliphatic heterocycles. The number of rotatable bonds is 6. The maximum absolute atomic E-state index is 13.6. The Morgan fingerprint density at radius 2 is 2.10 bits per heavy atom. The zero-order valence-electron chi connectivity index (χ0n) is 11.2. The maximum Gasteiger partial charge on any atom is 0.307 e. The number of halogens is 1. The number of carbonyl (C=O) groups excluding carboxylic acids is 1. The van der Waals surface area contributed by atoms with E-state index in [4.69, 9.17) is 5.11 Å². The Morgan fingerprint density at radius 1 is 1.35 bits per heavy atom. The molecule has 1 fully saturated rings. The normalized spacial score (nSPS) is 14.7. The predicted molar refractivity (Wildman–Crippen MR) is 72.9 cm³/mol. The Morgan fingerprint density at radius 3 is 2.65 bits per heavy atom. The summed E-state index contributed by atoms with van der Waals surface area (Å²) in [6.45, 7) is 0. The van der Waals surface area contributed by atoms with Crippen LogP contribution in [0.15, 0.2) is 18.2 Å². The highest BCUT2D eigenvalue weighted by atomic mass is 19.1. The molecule has 0 atom stereocenters. The lowest BCUT2D eigenvalue weighted by molar-refractivity contribution is -0.136. The molecule has 108 valence electrons. The minimum absolute atomic E-state index is 0.116. The first kappa shape index (κ1) is 14.5. The average Bonchev–Trinajstić information content (AvgIpc) is 2.30. The molecule has 0 saturated heterocycles. The van der Waals surface area contributed by atoms with E-state index in [9.17, 15) is 14.0 Å². The first-order chi connectivity index (χ1) is 9.54. The molecule has 1 aliphatic carbocycles. The average molecular weight is 279 g/mol. The minimum Gasteiger partial charge on any atom is -0.481 e. The lowest BCUT2D eigenvalue weighted by Gasteiger charge is -2.24. The van der Waals surface area contributed by atoms with Crippen LogP contribution in [0.2, 0.25) is 0 Å². The highest BCUT2D eigenvalue weighted by Crippen LogP contribution is 2.30. The molecule has 0 heterocycles. The van der Waals surface area contributed by atoms with Gasteiger partial charge in [0.1, 0.15) is 5.82 Å². The molecular formula is C15H18FNO3. The zero-order chi connectivity index (χ0) is 14.5. The second kappa shape index (κ2) is 6.50. The lowest BCUT2D eigenvalue weighted by atomic mass is 9.82. The van der Waals surface area contributed by atoms with Crippen molar-refractivity contribution >= 4 is 17.6 Å². The molecule has 0 spiro atoms. The lowest BCUT2D eigenvalue weighted by Crippen LogP contribution is -2.17. The fourth-order valence-electron chi connectivity index (χ4n) is 2.27. The first-order valence-electron chi connectivity index (χ1n) is 6.84. The number of hydrogen-bond acceptors (Lipinski definition) is 2. The van der Waals surface area contributed by atoms with Crippen molar-refractivity contribution in [2.24, 2.45) is 5.92 Å². The van der Waals surface area contributed by atoms with Crippen molar-refractivity contribution in [2.45, 2.75) is 38.5 Å². The number of amides is 1. The van der Waals surface area contributed by atoms with Crippen molar-refractivity contribution in [2.75, 3.05) is 5.32 Å². The first-order valence-corrected chi connectivity index (χ1v) is 6.84. The van der Waals surface area contributed by atoms with Crippen LogP contribution in [0.5, 0.6) is 0 Å². The highest BCUT2D eigenvalue weighted by Gasteiger charge is 2.18. The van der Waals surface area contributed by atoms with Gasteiger partial charge in [-0.15, -0.1) is 0 Å². The quantitative estimate of drug-likeness (QED) is 0.841. The molecule has 1 aromatic carbocycles. The Hall–Kier alpha value is -1.91. The summed E-state index contributed by atoms with van der Waals surface area (Å²) in [6, 6.07) is 4.09. The molecule has 1 aromatic rings. The van der Waals surface area contributed by atoms with Crippen molar-refractivity contribution in [3.8, 4) is 0 Å². The van der Waals surface area contributed by atoms with Crippen molar-refractivity contribution in [3.05, 3.63) is 29.6 Å². The van der Waals surface area contributed by atoms with Gasteiger partial charge >= 0.3 is 5.97 Å². The molecular weight excluding hydrogens is 261 g/mol. The van der Waals surface area contributed by atoms with E-state index in [-0.39, 0.29) is 17.9 Å². The molecule has 20 heavy (non-hydrogen) atoms. The molecule has 0 radical (unpaired) electrons. The zero-order valence-corrected chi connectivity index (χ0v) is 11.2. The Balaban J connectivity index is 1.86. The number of nitrogens with one attached hydrogen (secondary N) is 1.